The maximum atomic E-state index is 10.9. The topological polar surface area (TPSA) is 49.7 Å². The standard InChI is InChI=1S/C29H46O3/c1-19(8-7-14-25(2,3)31)20-9-10-21-22-13-15-29-23(11-12-24(30)26(29,4)5)28(22,18-32-29)17-16-27(20,21)6/h7,13-15,19-24,30-31H,8-12,16-18H2,1-6H3/b14-7+. The largest absolute Gasteiger partial charge is 0.392 e. The van der Waals surface area contributed by atoms with Crippen molar-refractivity contribution in [1.82, 2.24) is 0 Å². The number of fused-ring (bicyclic) bond motifs is 2. The Labute approximate surface area is 195 Å². The van der Waals surface area contributed by atoms with Crippen molar-refractivity contribution in [3.05, 3.63) is 24.3 Å². The van der Waals surface area contributed by atoms with Crippen molar-refractivity contribution in [3.8, 4) is 0 Å². The van der Waals surface area contributed by atoms with Gasteiger partial charge >= 0.3 is 0 Å². The number of rotatable bonds is 4. The van der Waals surface area contributed by atoms with Crippen molar-refractivity contribution in [2.24, 2.45) is 45.8 Å². The van der Waals surface area contributed by atoms with Gasteiger partial charge in [0.1, 0.15) is 0 Å². The van der Waals surface area contributed by atoms with Crippen LogP contribution in [-0.4, -0.2) is 34.1 Å². The van der Waals surface area contributed by atoms with E-state index in [9.17, 15) is 10.2 Å². The molecule has 3 heteroatoms. The highest BCUT2D eigenvalue weighted by molar-refractivity contribution is 5.32. The summed E-state index contributed by atoms with van der Waals surface area (Å²) >= 11 is 0. The first-order valence-corrected chi connectivity index (χ1v) is 13.3. The van der Waals surface area contributed by atoms with Crippen molar-refractivity contribution >= 4 is 0 Å². The summed E-state index contributed by atoms with van der Waals surface area (Å²) < 4.78 is 6.78. The summed E-state index contributed by atoms with van der Waals surface area (Å²) in [6.45, 7) is 14.1. The molecule has 0 aromatic heterocycles. The van der Waals surface area contributed by atoms with Crippen LogP contribution in [-0.2, 0) is 4.74 Å². The van der Waals surface area contributed by atoms with Gasteiger partial charge < -0.3 is 14.9 Å². The van der Waals surface area contributed by atoms with Gasteiger partial charge in [-0.2, -0.15) is 0 Å². The van der Waals surface area contributed by atoms with Crippen LogP contribution in [0.3, 0.4) is 0 Å². The van der Waals surface area contributed by atoms with Crippen LogP contribution in [0.2, 0.25) is 0 Å². The smallest absolute Gasteiger partial charge is 0.0972 e. The molecule has 4 fully saturated rings. The number of hydrogen-bond donors (Lipinski definition) is 2. The van der Waals surface area contributed by atoms with Gasteiger partial charge in [0, 0.05) is 16.7 Å². The molecule has 5 aliphatic rings. The molecule has 9 atom stereocenters. The number of ether oxygens (including phenoxy) is 1. The van der Waals surface area contributed by atoms with Crippen LogP contribution in [0.1, 0.15) is 86.5 Å². The van der Waals surface area contributed by atoms with Gasteiger partial charge in [0.2, 0.25) is 0 Å². The first-order chi connectivity index (χ1) is 14.9. The second kappa shape index (κ2) is 7.18. The fourth-order valence-corrected chi connectivity index (χ4v) is 9.48. The molecule has 180 valence electrons. The molecule has 1 spiro atoms. The highest BCUT2D eigenvalue weighted by atomic mass is 16.5. The molecule has 1 heterocycles. The van der Waals surface area contributed by atoms with Crippen LogP contribution in [0.5, 0.6) is 0 Å². The maximum absolute atomic E-state index is 10.9. The highest BCUT2D eigenvalue weighted by Crippen LogP contribution is 2.73. The van der Waals surface area contributed by atoms with E-state index in [1.165, 1.54) is 25.7 Å². The average Bonchev–Trinajstić information content (AvgIpc) is 3.16. The summed E-state index contributed by atoms with van der Waals surface area (Å²) in [6.07, 6.45) is 17.2. The predicted octanol–water partition coefficient (Wildman–Crippen LogP) is 5.90. The zero-order valence-corrected chi connectivity index (χ0v) is 21.2. The van der Waals surface area contributed by atoms with E-state index in [1.54, 1.807) is 0 Å². The van der Waals surface area contributed by atoms with Crippen LogP contribution in [0.4, 0.5) is 0 Å². The van der Waals surface area contributed by atoms with Crippen LogP contribution < -0.4 is 0 Å². The van der Waals surface area contributed by atoms with Gasteiger partial charge in [-0.15, -0.1) is 0 Å². The second-order valence-electron chi connectivity index (χ2n) is 13.6. The molecule has 1 aliphatic heterocycles. The Kier molecular flexibility index (Phi) is 5.19. The molecule has 2 N–H and O–H groups in total. The average molecular weight is 443 g/mol. The van der Waals surface area contributed by atoms with Gasteiger partial charge in [-0.3, -0.25) is 0 Å². The SMILES string of the molecule is CC(C/C=C/C(C)(C)O)C1CCC2C3C=CC45OCC3(CCC12C)C4CCC(O)C5(C)C. The third-order valence-electron chi connectivity index (χ3n) is 11.3. The minimum Gasteiger partial charge on any atom is -0.392 e. The summed E-state index contributed by atoms with van der Waals surface area (Å²) in [6, 6.07) is 0. The number of aliphatic hydroxyl groups is 2. The minimum atomic E-state index is -0.720. The van der Waals surface area contributed by atoms with E-state index in [0.29, 0.717) is 23.2 Å². The molecule has 5 rings (SSSR count). The monoisotopic (exact) mass is 442 g/mol. The number of allylic oxidation sites excluding steroid dienone is 2. The van der Waals surface area contributed by atoms with Gasteiger partial charge in [-0.1, -0.05) is 52.0 Å². The van der Waals surface area contributed by atoms with E-state index in [2.05, 4.69) is 45.9 Å². The molecule has 2 bridgehead atoms. The van der Waals surface area contributed by atoms with Crippen molar-refractivity contribution < 1.29 is 14.9 Å². The zero-order valence-electron chi connectivity index (χ0n) is 21.2. The molecule has 1 saturated heterocycles. The van der Waals surface area contributed by atoms with Gasteiger partial charge in [-0.25, -0.2) is 0 Å². The first kappa shape index (κ1) is 23.1. The quantitative estimate of drug-likeness (QED) is 0.533. The lowest BCUT2D eigenvalue weighted by Gasteiger charge is -2.61. The normalized spacial score (nSPS) is 50.2. The van der Waals surface area contributed by atoms with Crippen LogP contribution in [0.25, 0.3) is 0 Å². The van der Waals surface area contributed by atoms with Crippen LogP contribution in [0, 0.1) is 45.8 Å². The summed E-state index contributed by atoms with van der Waals surface area (Å²) in [5.41, 5.74) is -0.546. The molecule has 0 amide bonds. The molecule has 0 aromatic rings. The summed E-state index contributed by atoms with van der Waals surface area (Å²) in [4.78, 5) is 0. The van der Waals surface area contributed by atoms with E-state index in [1.807, 2.05) is 19.9 Å². The fourth-order valence-electron chi connectivity index (χ4n) is 9.48. The molecule has 3 nitrogen and oxygen atoms in total. The van der Waals surface area contributed by atoms with E-state index >= 15 is 0 Å². The summed E-state index contributed by atoms with van der Waals surface area (Å²) in [5.74, 6) is 3.32. The van der Waals surface area contributed by atoms with Gasteiger partial charge in [-0.05, 0) is 87.9 Å². The van der Waals surface area contributed by atoms with Crippen molar-refractivity contribution in [3.63, 3.8) is 0 Å². The molecular formula is C29H46O3. The van der Waals surface area contributed by atoms with Crippen molar-refractivity contribution in [2.75, 3.05) is 6.61 Å². The van der Waals surface area contributed by atoms with Gasteiger partial charge in [0.25, 0.3) is 0 Å². The Hall–Kier alpha value is -0.640. The van der Waals surface area contributed by atoms with E-state index in [4.69, 9.17) is 4.74 Å². The Morgan fingerprint density at radius 2 is 1.88 bits per heavy atom. The first-order valence-electron chi connectivity index (χ1n) is 13.3. The third kappa shape index (κ3) is 2.96. The molecule has 9 unspecified atom stereocenters. The Morgan fingerprint density at radius 1 is 1.12 bits per heavy atom. The third-order valence-corrected chi connectivity index (χ3v) is 11.3. The van der Waals surface area contributed by atoms with Crippen LogP contribution in [0.15, 0.2) is 24.3 Å². The van der Waals surface area contributed by atoms with Gasteiger partial charge in [0.05, 0.1) is 23.9 Å². The predicted molar refractivity (Wildman–Crippen MR) is 129 cm³/mol. The van der Waals surface area contributed by atoms with E-state index in [-0.39, 0.29) is 22.5 Å². The Morgan fingerprint density at radius 3 is 2.59 bits per heavy atom. The molecule has 0 aromatic carbocycles. The maximum Gasteiger partial charge on any atom is 0.0972 e. The minimum absolute atomic E-state index is 0.221. The molecule has 4 aliphatic carbocycles. The number of aliphatic hydroxyl groups excluding tert-OH is 1. The van der Waals surface area contributed by atoms with Crippen LogP contribution >= 0.6 is 0 Å². The fraction of sp³-hybridized carbons (Fsp3) is 0.862. The lowest BCUT2D eigenvalue weighted by molar-refractivity contribution is -0.161. The molecular weight excluding hydrogens is 396 g/mol. The molecule has 0 radical (unpaired) electrons. The lowest BCUT2D eigenvalue weighted by Crippen LogP contribution is -2.63. The highest BCUT2D eigenvalue weighted by Gasteiger charge is 2.72. The molecule has 32 heavy (non-hydrogen) atoms. The Balaban J connectivity index is 1.42. The summed E-state index contributed by atoms with van der Waals surface area (Å²) in [7, 11) is 0. The van der Waals surface area contributed by atoms with E-state index < -0.39 is 5.60 Å². The molecule has 3 saturated carbocycles. The summed E-state index contributed by atoms with van der Waals surface area (Å²) in [5, 5.41) is 20.9. The van der Waals surface area contributed by atoms with Crippen molar-refractivity contribution in [1.29, 1.82) is 0 Å². The van der Waals surface area contributed by atoms with Crippen molar-refractivity contribution in [2.45, 2.75) is 104 Å². The zero-order chi connectivity index (χ0) is 23.2. The van der Waals surface area contributed by atoms with Gasteiger partial charge in [0.15, 0.2) is 0 Å². The van der Waals surface area contributed by atoms with E-state index in [0.717, 1.165) is 37.7 Å². The second-order valence-corrected chi connectivity index (χ2v) is 13.6. The lowest BCUT2D eigenvalue weighted by atomic mass is 9.42. The Bertz CT molecular complexity index is 806. The number of hydrogen-bond acceptors (Lipinski definition) is 3.